The van der Waals surface area contributed by atoms with Crippen molar-refractivity contribution in [2.75, 3.05) is 13.1 Å². The highest BCUT2D eigenvalue weighted by atomic mass is 32.2. The number of benzene rings is 1. The molecular weight excluding hydrogens is 376 g/mol. The van der Waals surface area contributed by atoms with Gasteiger partial charge in [-0.05, 0) is 36.3 Å². The molecule has 1 aliphatic rings. The average molecular weight is 399 g/mol. The molecule has 0 spiro atoms. The van der Waals surface area contributed by atoms with Gasteiger partial charge in [-0.25, -0.2) is 0 Å². The zero-order chi connectivity index (χ0) is 18.6. The molecule has 0 aliphatic carbocycles. The van der Waals surface area contributed by atoms with Gasteiger partial charge in [0.25, 0.3) is 0 Å². The van der Waals surface area contributed by atoms with E-state index in [1.54, 1.807) is 11.3 Å². The van der Waals surface area contributed by atoms with Crippen molar-refractivity contribution in [3.8, 4) is 10.7 Å². The van der Waals surface area contributed by atoms with E-state index in [9.17, 15) is 4.79 Å². The molecule has 7 heteroatoms. The van der Waals surface area contributed by atoms with Crippen molar-refractivity contribution in [2.24, 2.45) is 7.05 Å². The molecule has 3 heterocycles. The molecule has 0 radical (unpaired) electrons. The highest BCUT2D eigenvalue weighted by Crippen LogP contribution is 2.37. The summed E-state index contributed by atoms with van der Waals surface area (Å²) in [5.74, 6) is 1.01. The second-order valence-electron chi connectivity index (χ2n) is 6.64. The minimum absolute atomic E-state index is 0.173. The first kappa shape index (κ1) is 18.3. The predicted octanol–water partition coefficient (Wildman–Crippen LogP) is 4.39. The predicted molar refractivity (Wildman–Crippen MR) is 110 cm³/mol. The monoisotopic (exact) mass is 398 g/mol. The highest BCUT2D eigenvalue weighted by molar-refractivity contribution is 8.00. The number of hydrogen-bond donors (Lipinski definition) is 0. The molecule has 5 nitrogen and oxygen atoms in total. The Bertz CT molecular complexity index is 886. The van der Waals surface area contributed by atoms with E-state index < -0.39 is 0 Å². The van der Waals surface area contributed by atoms with Crippen molar-refractivity contribution < 1.29 is 4.79 Å². The zero-order valence-electron chi connectivity index (χ0n) is 15.2. The van der Waals surface area contributed by atoms with Gasteiger partial charge in [0.15, 0.2) is 11.0 Å². The first-order valence-electron chi connectivity index (χ1n) is 9.17. The number of amides is 1. The molecule has 1 aromatic carbocycles. The molecule has 1 fully saturated rings. The van der Waals surface area contributed by atoms with Gasteiger partial charge < -0.3 is 9.47 Å². The summed E-state index contributed by atoms with van der Waals surface area (Å²) in [6.07, 6.45) is 3.38. The number of aromatic nitrogens is 3. The molecule has 1 atom stereocenters. The number of rotatable bonds is 5. The number of hydrogen-bond acceptors (Lipinski definition) is 5. The van der Waals surface area contributed by atoms with Gasteiger partial charge in [0.1, 0.15) is 5.25 Å². The maximum absolute atomic E-state index is 13.3. The highest BCUT2D eigenvalue weighted by Gasteiger charge is 2.29. The number of nitrogens with zero attached hydrogens (tertiary/aromatic N) is 4. The van der Waals surface area contributed by atoms with Crippen molar-refractivity contribution >= 4 is 29.0 Å². The van der Waals surface area contributed by atoms with Crippen LogP contribution in [0.2, 0.25) is 0 Å². The lowest BCUT2D eigenvalue weighted by molar-refractivity contribution is -0.131. The summed E-state index contributed by atoms with van der Waals surface area (Å²) < 4.78 is 1.98. The van der Waals surface area contributed by atoms with Crippen LogP contribution in [-0.2, 0) is 11.8 Å². The number of carbonyl (C=O) groups excluding carboxylic acids is 1. The molecule has 2 aromatic heterocycles. The van der Waals surface area contributed by atoms with Crippen molar-refractivity contribution in [3.05, 3.63) is 53.4 Å². The standard InChI is InChI=1S/C20H22N4OS2/c1-23-18(16-11-8-14-26-16)21-22-20(23)27-17(15-9-4-2-5-10-15)19(25)24-12-6-3-7-13-24/h2,4-5,8-11,14,17H,3,6-7,12-13H2,1H3. The molecular formula is C20H22N4OS2. The van der Waals surface area contributed by atoms with E-state index in [0.29, 0.717) is 0 Å². The smallest absolute Gasteiger partial charge is 0.240 e. The van der Waals surface area contributed by atoms with Gasteiger partial charge in [-0.15, -0.1) is 21.5 Å². The van der Waals surface area contributed by atoms with E-state index in [2.05, 4.69) is 10.2 Å². The molecule has 1 aliphatic heterocycles. The Morgan fingerprint density at radius 1 is 1.07 bits per heavy atom. The number of thiophene rings is 1. The maximum Gasteiger partial charge on any atom is 0.240 e. The van der Waals surface area contributed by atoms with E-state index in [1.807, 2.05) is 64.4 Å². The summed E-state index contributed by atoms with van der Waals surface area (Å²) in [6, 6.07) is 14.0. The summed E-state index contributed by atoms with van der Waals surface area (Å²) in [7, 11) is 1.96. The van der Waals surface area contributed by atoms with Crippen molar-refractivity contribution in [1.82, 2.24) is 19.7 Å². The SMILES string of the molecule is Cn1c(SC(C(=O)N2CCCCC2)c2ccccc2)nnc1-c1cccs1. The Balaban J connectivity index is 1.63. The summed E-state index contributed by atoms with van der Waals surface area (Å²) in [6.45, 7) is 1.70. The fourth-order valence-corrected chi connectivity index (χ4v) is 5.14. The van der Waals surface area contributed by atoms with Crippen LogP contribution < -0.4 is 0 Å². The Kier molecular flexibility index (Phi) is 5.59. The van der Waals surface area contributed by atoms with Crippen molar-refractivity contribution in [3.63, 3.8) is 0 Å². The molecule has 1 unspecified atom stereocenters. The van der Waals surface area contributed by atoms with Crippen LogP contribution >= 0.6 is 23.1 Å². The van der Waals surface area contributed by atoms with E-state index in [-0.39, 0.29) is 11.2 Å². The van der Waals surface area contributed by atoms with Crippen LogP contribution in [0.1, 0.15) is 30.1 Å². The Morgan fingerprint density at radius 3 is 2.56 bits per heavy atom. The van der Waals surface area contributed by atoms with Crippen LogP contribution in [0.3, 0.4) is 0 Å². The van der Waals surface area contributed by atoms with E-state index >= 15 is 0 Å². The van der Waals surface area contributed by atoms with Gasteiger partial charge >= 0.3 is 0 Å². The first-order valence-corrected chi connectivity index (χ1v) is 10.9. The number of thioether (sulfide) groups is 1. The molecule has 140 valence electrons. The lowest BCUT2D eigenvalue weighted by Gasteiger charge is -2.30. The Morgan fingerprint density at radius 2 is 1.85 bits per heavy atom. The summed E-state index contributed by atoms with van der Waals surface area (Å²) in [4.78, 5) is 16.4. The van der Waals surface area contributed by atoms with E-state index in [1.165, 1.54) is 18.2 Å². The molecule has 3 aromatic rings. The lowest BCUT2D eigenvalue weighted by atomic mass is 10.1. The summed E-state index contributed by atoms with van der Waals surface area (Å²) >= 11 is 3.13. The van der Waals surface area contributed by atoms with Gasteiger partial charge in [0.2, 0.25) is 5.91 Å². The van der Waals surface area contributed by atoms with Crippen molar-refractivity contribution in [1.29, 1.82) is 0 Å². The quantitative estimate of drug-likeness (QED) is 0.598. The fourth-order valence-electron chi connectivity index (χ4n) is 3.31. The third-order valence-corrected chi connectivity index (χ3v) is 6.94. The fraction of sp³-hybridized carbons (Fsp3) is 0.350. The zero-order valence-corrected chi connectivity index (χ0v) is 16.9. The summed E-state index contributed by atoms with van der Waals surface area (Å²) in [5, 5.41) is 11.2. The number of piperidine rings is 1. The minimum Gasteiger partial charge on any atom is -0.341 e. The third-order valence-electron chi connectivity index (χ3n) is 4.79. The number of carbonyl (C=O) groups is 1. The Labute approximate surface area is 167 Å². The third kappa shape index (κ3) is 3.94. The largest absolute Gasteiger partial charge is 0.341 e. The number of likely N-dealkylation sites (tertiary alicyclic amines) is 1. The van der Waals surface area contributed by atoms with Crippen molar-refractivity contribution in [2.45, 2.75) is 29.7 Å². The van der Waals surface area contributed by atoms with Crippen LogP contribution in [-0.4, -0.2) is 38.7 Å². The second kappa shape index (κ2) is 8.27. The van der Waals surface area contributed by atoms with Gasteiger partial charge in [0, 0.05) is 20.1 Å². The maximum atomic E-state index is 13.3. The van der Waals surface area contributed by atoms with Crippen LogP contribution in [0.5, 0.6) is 0 Å². The molecule has 27 heavy (non-hydrogen) atoms. The van der Waals surface area contributed by atoms with Gasteiger partial charge in [0.05, 0.1) is 4.88 Å². The average Bonchev–Trinajstić information content (AvgIpc) is 3.37. The van der Waals surface area contributed by atoms with E-state index in [0.717, 1.165) is 47.4 Å². The van der Waals surface area contributed by atoms with Crippen LogP contribution in [0.4, 0.5) is 0 Å². The molecule has 1 amide bonds. The molecule has 0 bridgehead atoms. The minimum atomic E-state index is -0.302. The molecule has 0 N–H and O–H groups in total. The normalized spacial score (nSPS) is 15.7. The Hall–Kier alpha value is -2.12. The van der Waals surface area contributed by atoms with Gasteiger partial charge in [-0.1, -0.05) is 48.2 Å². The second-order valence-corrected chi connectivity index (χ2v) is 8.66. The lowest BCUT2D eigenvalue weighted by Crippen LogP contribution is -2.38. The topological polar surface area (TPSA) is 51.0 Å². The van der Waals surface area contributed by atoms with Gasteiger partial charge in [-0.2, -0.15) is 0 Å². The molecule has 4 rings (SSSR count). The van der Waals surface area contributed by atoms with Crippen LogP contribution in [0.25, 0.3) is 10.7 Å². The first-order chi connectivity index (χ1) is 13.2. The molecule has 0 saturated carbocycles. The van der Waals surface area contributed by atoms with Crippen LogP contribution in [0, 0.1) is 0 Å². The molecule has 1 saturated heterocycles. The summed E-state index contributed by atoms with van der Waals surface area (Å²) in [5.41, 5.74) is 1.01. The van der Waals surface area contributed by atoms with Gasteiger partial charge in [-0.3, -0.25) is 4.79 Å². The van der Waals surface area contributed by atoms with Crippen LogP contribution in [0.15, 0.2) is 53.0 Å². The van der Waals surface area contributed by atoms with E-state index in [4.69, 9.17) is 0 Å².